The Labute approximate surface area is 130 Å². The number of unbranched alkanes of at least 4 members (excludes halogenated alkanes) is 1. The number of ether oxygens (including phenoxy) is 1. The van der Waals surface area contributed by atoms with E-state index in [1.165, 1.54) is 0 Å². The van der Waals surface area contributed by atoms with Crippen LogP contribution in [0.15, 0.2) is 24.3 Å². The normalized spacial score (nSPS) is 15.6. The number of benzene rings is 1. The van der Waals surface area contributed by atoms with Crippen molar-refractivity contribution in [2.45, 2.75) is 32.6 Å². The van der Waals surface area contributed by atoms with E-state index in [1.54, 1.807) is 11.0 Å². The van der Waals surface area contributed by atoms with E-state index < -0.39 is 5.97 Å². The van der Waals surface area contributed by atoms with Crippen LogP contribution in [0.1, 0.15) is 43.0 Å². The Morgan fingerprint density at radius 2 is 1.95 bits per heavy atom. The largest absolute Gasteiger partial charge is 0.493 e. The van der Waals surface area contributed by atoms with Gasteiger partial charge in [0.1, 0.15) is 5.75 Å². The molecule has 1 aromatic rings. The molecule has 22 heavy (non-hydrogen) atoms. The molecule has 0 unspecified atom stereocenters. The summed E-state index contributed by atoms with van der Waals surface area (Å²) < 4.78 is 5.71. The van der Waals surface area contributed by atoms with Gasteiger partial charge >= 0.3 is 5.97 Å². The number of para-hydroxylation sites is 1. The topological polar surface area (TPSA) is 66.8 Å². The molecule has 0 spiro atoms. The van der Waals surface area contributed by atoms with Gasteiger partial charge in [0.05, 0.1) is 18.1 Å². The number of aliphatic carboxylic acids is 1. The summed E-state index contributed by atoms with van der Waals surface area (Å²) in [5, 5.41) is 9.02. The molecule has 5 heteroatoms. The first kappa shape index (κ1) is 16.3. The molecular weight excluding hydrogens is 282 g/mol. The highest BCUT2D eigenvalue weighted by Gasteiger charge is 2.28. The molecular formula is C17H23NO4. The van der Waals surface area contributed by atoms with Crippen molar-refractivity contribution in [1.29, 1.82) is 0 Å². The summed E-state index contributed by atoms with van der Waals surface area (Å²) in [5.74, 6) is -0.562. The molecule has 1 aromatic carbocycles. The Morgan fingerprint density at radius 1 is 1.27 bits per heavy atom. The molecule has 1 saturated heterocycles. The van der Waals surface area contributed by atoms with Crippen molar-refractivity contribution in [1.82, 2.24) is 4.90 Å². The second-order valence-electron chi connectivity index (χ2n) is 5.60. The van der Waals surface area contributed by atoms with Gasteiger partial charge in [-0.1, -0.05) is 25.5 Å². The fraction of sp³-hybridized carbons (Fsp3) is 0.529. The summed E-state index contributed by atoms with van der Waals surface area (Å²) in [6.07, 6.45) is 3.02. The smallest absolute Gasteiger partial charge is 0.306 e. The van der Waals surface area contributed by atoms with Gasteiger partial charge in [-0.25, -0.2) is 0 Å². The second-order valence-corrected chi connectivity index (χ2v) is 5.60. The number of rotatable bonds is 6. The quantitative estimate of drug-likeness (QED) is 0.821. The number of piperidine rings is 1. The molecule has 120 valence electrons. The van der Waals surface area contributed by atoms with Crippen LogP contribution in [0.25, 0.3) is 0 Å². The van der Waals surface area contributed by atoms with E-state index in [4.69, 9.17) is 9.84 Å². The van der Waals surface area contributed by atoms with Gasteiger partial charge in [0, 0.05) is 13.1 Å². The SMILES string of the molecule is CCCCOc1ccccc1C(=O)N1CCC(C(=O)O)CC1. The average molecular weight is 305 g/mol. The van der Waals surface area contributed by atoms with Crippen LogP contribution in [0.4, 0.5) is 0 Å². The van der Waals surface area contributed by atoms with E-state index in [1.807, 2.05) is 18.2 Å². The van der Waals surface area contributed by atoms with Crippen LogP contribution >= 0.6 is 0 Å². The van der Waals surface area contributed by atoms with Crippen molar-refractivity contribution >= 4 is 11.9 Å². The van der Waals surface area contributed by atoms with Gasteiger partial charge in [0.15, 0.2) is 0 Å². The summed E-state index contributed by atoms with van der Waals surface area (Å²) in [5.41, 5.74) is 0.562. The highest BCUT2D eigenvalue weighted by atomic mass is 16.5. The Bertz CT molecular complexity index is 521. The number of carboxylic acid groups (broad SMARTS) is 1. The van der Waals surface area contributed by atoms with Crippen LogP contribution in [0, 0.1) is 5.92 Å². The van der Waals surface area contributed by atoms with Crippen LogP contribution in [0.5, 0.6) is 5.75 Å². The molecule has 1 N–H and O–H groups in total. The molecule has 1 fully saturated rings. The van der Waals surface area contributed by atoms with Gasteiger partial charge in [-0.3, -0.25) is 9.59 Å². The molecule has 0 radical (unpaired) electrons. The number of carbonyl (C=O) groups excluding carboxylic acids is 1. The van der Waals surface area contributed by atoms with Crippen LogP contribution in [0.3, 0.4) is 0 Å². The Morgan fingerprint density at radius 3 is 2.59 bits per heavy atom. The lowest BCUT2D eigenvalue weighted by Gasteiger charge is -2.30. The number of carboxylic acids is 1. The molecule has 1 aliphatic rings. The molecule has 0 saturated carbocycles. The summed E-state index contributed by atoms with van der Waals surface area (Å²) in [6, 6.07) is 7.26. The number of amides is 1. The average Bonchev–Trinajstić information content (AvgIpc) is 2.55. The molecule has 0 aromatic heterocycles. The number of hydrogen-bond acceptors (Lipinski definition) is 3. The van der Waals surface area contributed by atoms with Crippen molar-refractivity contribution in [3.63, 3.8) is 0 Å². The minimum Gasteiger partial charge on any atom is -0.493 e. The third-order valence-corrected chi connectivity index (χ3v) is 4.00. The van der Waals surface area contributed by atoms with Crippen LogP contribution in [-0.2, 0) is 4.79 Å². The van der Waals surface area contributed by atoms with Gasteiger partial charge in [0.25, 0.3) is 5.91 Å². The summed E-state index contributed by atoms with van der Waals surface area (Å²) in [4.78, 5) is 25.3. The molecule has 0 aliphatic carbocycles. The third-order valence-electron chi connectivity index (χ3n) is 4.00. The standard InChI is InChI=1S/C17H23NO4/c1-2-3-12-22-15-7-5-4-6-14(15)16(19)18-10-8-13(9-11-18)17(20)21/h4-7,13H,2-3,8-12H2,1H3,(H,20,21). The van der Waals surface area contributed by atoms with Crippen molar-refractivity contribution in [2.75, 3.05) is 19.7 Å². The number of nitrogens with zero attached hydrogens (tertiary/aromatic N) is 1. The first-order chi connectivity index (χ1) is 10.6. The number of hydrogen-bond donors (Lipinski definition) is 1. The third kappa shape index (κ3) is 4.00. The van der Waals surface area contributed by atoms with Crippen LogP contribution in [-0.4, -0.2) is 41.6 Å². The highest BCUT2D eigenvalue weighted by molar-refractivity contribution is 5.97. The zero-order valence-corrected chi connectivity index (χ0v) is 13.0. The lowest BCUT2D eigenvalue weighted by molar-refractivity contribution is -0.143. The summed E-state index contributed by atoms with van der Waals surface area (Å²) >= 11 is 0. The zero-order chi connectivity index (χ0) is 15.9. The summed E-state index contributed by atoms with van der Waals surface area (Å²) in [6.45, 7) is 3.66. The van der Waals surface area contributed by atoms with Crippen molar-refractivity contribution in [3.8, 4) is 5.75 Å². The fourth-order valence-corrected chi connectivity index (χ4v) is 2.60. The molecule has 1 amide bonds. The van der Waals surface area contributed by atoms with E-state index in [0.717, 1.165) is 12.8 Å². The van der Waals surface area contributed by atoms with Crippen molar-refractivity contribution < 1.29 is 19.4 Å². The van der Waals surface area contributed by atoms with E-state index in [0.29, 0.717) is 43.9 Å². The highest BCUT2D eigenvalue weighted by Crippen LogP contribution is 2.24. The van der Waals surface area contributed by atoms with E-state index >= 15 is 0 Å². The molecule has 0 bridgehead atoms. The van der Waals surface area contributed by atoms with E-state index in [-0.39, 0.29) is 11.8 Å². The second kappa shape index (κ2) is 7.82. The molecule has 1 heterocycles. The van der Waals surface area contributed by atoms with Gasteiger partial charge in [-0.15, -0.1) is 0 Å². The maximum absolute atomic E-state index is 12.6. The van der Waals surface area contributed by atoms with Crippen LogP contribution in [0.2, 0.25) is 0 Å². The molecule has 1 aliphatic heterocycles. The zero-order valence-electron chi connectivity index (χ0n) is 13.0. The maximum Gasteiger partial charge on any atom is 0.306 e. The van der Waals surface area contributed by atoms with Crippen LogP contribution < -0.4 is 4.74 Å². The van der Waals surface area contributed by atoms with Crippen molar-refractivity contribution in [2.24, 2.45) is 5.92 Å². The predicted octanol–water partition coefficient (Wildman–Crippen LogP) is 2.80. The molecule has 0 atom stereocenters. The molecule has 5 nitrogen and oxygen atoms in total. The lowest BCUT2D eigenvalue weighted by Crippen LogP contribution is -2.40. The Kier molecular flexibility index (Phi) is 5.81. The monoisotopic (exact) mass is 305 g/mol. The van der Waals surface area contributed by atoms with Crippen molar-refractivity contribution in [3.05, 3.63) is 29.8 Å². The minimum absolute atomic E-state index is 0.0732. The predicted molar refractivity (Wildman–Crippen MR) is 83.1 cm³/mol. The first-order valence-corrected chi connectivity index (χ1v) is 7.87. The number of likely N-dealkylation sites (tertiary alicyclic amines) is 1. The Balaban J connectivity index is 2.02. The lowest BCUT2D eigenvalue weighted by atomic mass is 9.96. The minimum atomic E-state index is -0.768. The number of carbonyl (C=O) groups is 2. The van der Waals surface area contributed by atoms with E-state index in [2.05, 4.69) is 6.92 Å². The van der Waals surface area contributed by atoms with Gasteiger partial charge in [0.2, 0.25) is 0 Å². The fourth-order valence-electron chi connectivity index (χ4n) is 2.60. The van der Waals surface area contributed by atoms with Gasteiger partial charge in [-0.05, 0) is 31.4 Å². The maximum atomic E-state index is 12.6. The first-order valence-electron chi connectivity index (χ1n) is 7.87. The van der Waals surface area contributed by atoms with E-state index in [9.17, 15) is 9.59 Å². The van der Waals surface area contributed by atoms with Gasteiger partial charge in [-0.2, -0.15) is 0 Å². The molecule has 2 rings (SSSR count). The van der Waals surface area contributed by atoms with Gasteiger partial charge < -0.3 is 14.7 Å². The summed E-state index contributed by atoms with van der Waals surface area (Å²) in [7, 11) is 0. The Hall–Kier alpha value is -2.04.